The minimum Gasteiger partial charge on any atom is -0.261 e. The van der Waals surface area contributed by atoms with Crippen molar-refractivity contribution in [3.05, 3.63) is 29.1 Å². The van der Waals surface area contributed by atoms with Crippen molar-refractivity contribution in [1.82, 2.24) is 4.98 Å². The first kappa shape index (κ1) is 9.70. The van der Waals surface area contributed by atoms with Gasteiger partial charge in [-0.25, -0.2) is 0 Å². The number of pyridine rings is 1. The molecule has 0 bridgehead atoms. The second-order valence-electron chi connectivity index (χ2n) is 4.55. The molecule has 0 aromatic carbocycles. The Morgan fingerprint density at radius 1 is 1.43 bits per heavy atom. The van der Waals surface area contributed by atoms with Gasteiger partial charge in [-0.3, -0.25) is 4.98 Å². The van der Waals surface area contributed by atoms with Crippen molar-refractivity contribution in [3.63, 3.8) is 0 Å². The monoisotopic (exact) mass is 189 g/mol. The van der Waals surface area contributed by atoms with E-state index in [4.69, 9.17) is 0 Å². The highest BCUT2D eigenvalue weighted by molar-refractivity contribution is 5.36. The van der Waals surface area contributed by atoms with Gasteiger partial charge in [0.25, 0.3) is 0 Å². The lowest BCUT2D eigenvalue weighted by Gasteiger charge is -2.15. The molecule has 1 aromatic rings. The van der Waals surface area contributed by atoms with Crippen LogP contribution >= 0.6 is 0 Å². The largest absolute Gasteiger partial charge is 0.261 e. The Bertz CT molecular complexity index is 324. The number of nitrogens with zero attached hydrogens (tertiary/aromatic N) is 1. The summed E-state index contributed by atoms with van der Waals surface area (Å²) in [4.78, 5) is 4.57. The molecule has 1 nitrogen and oxygen atoms in total. The fourth-order valence-electron chi connectivity index (χ4n) is 2.19. The van der Waals surface area contributed by atoms with Crippen molar-refractivity contribution in [2.24, 2.45) is 0 Å². The van der Waals surface area contributed by atoms with E-state index in [-0.39, 0.29) is 0 Å². The quantitative estimate of drug-likeness (QED) is 0.707. The maximum Gasteiger partial charge on any atom is 0.0471 e. The van der Waals surface area contributed by atoms with Gasteiger partial charge in [-0.2, -0.15) is 0 Å². The molecule has 0 N–H and O–H groups in total. The zero-order valence-corrected chi connectivity index (χ0v) is 9.38. The van der Waals surface area contributed by atoms with Crippen LogP contribution in [0.3, 0.4) is 0 Å². The van der Waals surface area contributed by atoms with Crippen LogP contribution in [0.4, 0.5) is 0 Å². The molecule has 0 amide bonds. The molecule has 1 aliphatic rings. The van der Waals surface area contributed by atoms with Crippen LogP contribution in [0, 0.1) is 0 Å². The van der Waals surface area contributed by atoms with Gasteiger partial charge in [-0.1, -0.05) is 20.8 Å². The number of aryl methyl sites for hydroxylation is 1. The van der Waals surface area contributed by atoms with Crippen molar-refractivity contribution in [2.75, 3.05) is 0 Å². The fourth-order valence-corrected chi connectivity index (χ4v) is 2.19. The highest BCUT2D eigenvalue weighted by Crippen LogP contribution is 2.42. The lowest BCUT2D eigenvalue weighted by molar-refractivity contribution is 0.799. The number of aromatic nitrogens is 1. The normalized spacial score (nSPS) is 16.3. The van der Waals surface area contributed by atoms with Crippen LogP contribution < -0.4 is 0 Å². The van der Waals surface area contributed by atoms with Crippen LogP contribution in [0.1, 0.15) is 62.3 Å². The number of hydrogen-bond donors (Lipinski definition) is 0. The average Bonchev–Trinajstić information content (AvgIpc) is 2.99. The molecule has 76 valence electrons. The molecule has 1 heteroatoms. The van der Waals surface area contributed by atoms with E-state index in [0.29, 0.717) is 5.92 Å². The van der Waals surface area contributed by atoms with E-state index in [1.807, 2.05) is 6.20 Å². The molecule has 0 unspecified atom stereocenters. The minimum atomic E-state index is 0.620. The van der Waals surface area contributed by atoms with Gasteiger partial charge in [-0.05, 0) is 42.4 Å². The molecule has 1 saturated carbocycles. The van der Waals surface area contributed by atoms with E-state index in [9.17, 15) is 0 Å². The molecule has 0 radical (unpaired) electrons. The van der Waals surface area contributed by atoms with Gasteiger partial charge in [0.1, 0.15) is 0 Å². The van der Waals surface area contributed by atoms with Crippen molar-refractivity contribution in [1.29, 1.82) is 0 Å². The SMILES string of the molecule is CCc1ccnc(C2CC2)c1C(C)C. The van der Waals surface area contributed by atoms with E-state index >= 15 is 0 Å². The summed E-state index contributed by atoms with van der Waals surface area (Å²) in [5.41, 5.74) is 4.41. The van der Waals surface area contributed by atoms with Gasteiger partial charge in [0.15, 0.2) is 0 Å². The summed E-state index contributed by atoms with van der Waals surface area (Å²) in [6.07, 6.45) is 5.81. The molecular weight excluding hydrogens is 170 g/mol. The number of hydrogen-bond acceptors (Lipinski definition) is 1. The average molecular weight is 189 g/mol. The Morgan fingerprint density at radius 3 is 2.64 bits per heavy atom. The van der Waals surface area contributed by atoms with Crippen LogP contribution in [-0.4, -0.2) is 4.98 Å². The predicted octanol–water partition coefficient (Wildman–Crippen LogP) is 3.64. The molecule has 1 aromatic heterocycles. The molecule has 14 heavy (non-hydrogen) atoms. The van der Waals surface area contributed by atoms with Gasteiger partial charge in [0.2, 0.25) is 0 Å². The zero-order valence-electron chi connectivity index (χ0n) is 9.38. The fraction of sp³-hybridized carbons (Fsp3) is 0.615. The molecule has 0 saturated heterocycles. The van der Waals surface area contributed by atoms with Crippen LogP contribution in [-0.2, 0) is 6.42 Å². The van der Waals surface area contributed by atoms with E-state index in [2.05, 4.69) is 31.8 Å². The Hall–Kier alpha value is -0.850. The second-order valence-corrected chi connectivity index (χ2v) is 4.55. The van der Waals surface area contributed by atoms with Gasteiger partial charge in [-0.15, -0.1) is 0 Å². The smallest absolute Gasteiger partial charge is 0.0471 e. The maximum absolute atomic E-state index is 4.57. The molecule has 0 spiro atoms. The Kier molecular flexibility index (Phi) is 2.58. The Morgan fingerprint density at radius 2 is 2.14 bits per heavy atom. The zero-order chi connectivity index (χ0) is 10.1. The summed E-state index contributed by atoms with van der Waals surface area (Å²) in [5.74, 6) is 1.40. The molecule has 1 fully saturated rings. The van der Waals surface area contributed by atoms with Crippen molar-refractivity contribution in [3.8, 4) is 0 Å². The van der Waals surface area contributed by atoms with Gasteiger partial charge >= 0.3 is 0 Å². The Balaban J connectivity index is 2.46. The van der Waals surface area contributed by atoms with Gasteiger partial charge in [0.05, 0.1) is 0 Å². The highest BCUT2D eigenvalue weighted by Gasteiger charge is 2.28. The topological polar surface area (TPSA) is 12.9 Å². The lowest BCUT2D eigenvalue weighted by atomic mass is 9.93. The van der Waals surface area contributed by atoms with E-state index < -0.39 is 0 Å². The third kappa shape index (κ3) is 1.68. The summed E-state index contributed by atoms with van der Waals surface area (Å²) in [6.45, 7) is 6.79. The van der Waals surface area contributed by atoms with Gasteiger partial charge < -0.3 is 0 Å². The first-order chi connectivity index (χ1) is 6.74. The highest BCUT2D eigenvalue weighted by atomic mass is 14.7. The number of rotatable bonds is 3. The predicted molar refractivity (Wildman–Crippen MR) is 59.7 cm³/mol. The summed E-state index contributed by atoms with van der Waals surface area (Å²) < 4.78 is 0. The second kappa shape index (κ2) is 3.72. The van der Waals surface area contributed by atoms with E-state index in [0.717, 1.165) is 12.3 Å². The lowest BCUT2D eigenvalue weighted by Crippen LogP contribution is -2.03. The summed E-state index contributed by atoms with van der Waals surface area (Å²) in [7, 11) is 0. The van der Waals surface area contributed by atoms with E-state index in [1.54, 1.807) is 0 Å². The molecule has 1 aliphatic carbocycles. The third-order valence-electron chi connectivity index (χ3n) is 3.03. The maximum atomic E-state index is 4.57. The van der Waals surface area contributed by atoms with Crippen LogP contribution in [0.25, 0.3) is 0 Å². The van der Waals surface area contributed by atoms with Crippen molar-refractivity contribution < 1.29 is 0 Å². The Labute approximate surface area is 86.6 Å². The summed E-state index contributed by atoms with van der Waals surface area (Å²) >= 11 is 0. The van der Waals surface area contributed by atoms with Crippen molar-refractivity contribution in [2.45, 2.75) is 51.9 Å². The third-order valence-corrected chi connectivity index (χ3v) is 3.03. The summed E-state index contributed by atoms with van der Waals surface area (Å²) in [6, 6.07) is 2.18. The molecular formula is C13H19N. The first-order valence-corrected chi connectivity index (χ1v) is 5.71. The molecule has 0 aliphatic heterocycles. The van der Waals surface area contributed by atoms with Crippen LogP contribution in [0.2, 0.25) is 0 Å². The van der Waals surface area contributed by atoms with Crippen LogP contribution in [0.5, 0.6) is 0 Å². The first-order valence-electron chi connectivity index (χ1n) is 5.71. The summed E-state index contributed by atoms with van der Waals surface area (Å²) in [5, 5.41) is 0. The molecule has 2 rings (SSSR count). The van der Waals surface area contributed by atoms with Crippen molar-refractivity contribution >= 4 is 0 Å². The van der Waals surface area contributed by atoms with Crippen LogP contribution in [0.15, 0.2) is 12.3 Å². The minimum absolute atomic E-state index is 0.620. The van der Waals surface area contributed by atoms with E-state index in [1.165, 1.54) is 29.7 Å². The standard InChI is InChI=1S/C13H19N/c1-4-10-7-8-14-13(11-5-6-11)12(10)9(2)3/h7-9,11H,4-6H2,1-3H3. The molecule has 0 atom stereocenters. The van der Waals surface area contributed by atoms with Gasteiger partial charge in [0, 0.05) is 17.8 Å². The molecule has 1 heterocycles.